The van der Waals surface area contributed by atoms with Crippen LogP contribution in [0.1, 0.15) is 29.6 Å². The summed E-state index contributed by atoms with van der Waals surface area (Å²) in [6, 6.07) is 9.18. The number of aliphatic hydroxyl groups is 1. The van der Waals surface area contributed by atoms with Gasteiger partial charge in [-0.2, -0.15) is 0 Å². The van der Waals surface area contributed by atoms with Gasteiger partial charge >= 0.3 is 0 Å². The monoisotopic (exact) mass is 355 g/mol. The summed E-state index contributed by atoms with van der Waals surface area (Å²) >= 11 is 0. The standard InChI is InChI=1S/C19H25N5O2/c20-18-11-17(22-13-23-18)14-4-6-15(7-5-14)19(26)21-8-10-24-9-2-1-3-16(24)12-25/h4-7,11,13,16,25H,1-3,8-10,12H2,(H,21,26)(H2,20,22,23)/t16-/m1/s1. The zero-order chi connectivity index (χ0) is 18.4. The summed E-state index contributed by atoms with van der Waals surface area (Å²) in [5.41, 5.74) is 7.89. The van der Waals surface area contributed by atoms with Crippen molar-refractivity contribution in [3.05, 3.63) is 42.2 Å². The molecule has 4 N–H and O–H groups in total. The van der Waals surface area contributed by atoms with Crippen LogP contribution in [0.4, 0.5) is 5.82 Å². The Hall–Kier alpha value is -2.51. The number of amides is 1. The van der Waals surface area contributed by atoms with E-state index in [9.17, 15) is 9.90 Å². The van der Waals surface area contributed by atoms with Gasteiger partial charge in [-0.05, 0) is 31.5 Å². The molecule has 1 aromatic heterocycles. The molecule has 138 valence electrons. The predicted molar refractivity (Wildman–Crippen MR) is 101 cm³/mol. The molecule has 0 bridgehead atoms. The van der Waals surface area contributed by atoms with Gasteiger partial charge in [-0.25, -0.2) is 9.97 Å². The molecule has 1 fully saturated rings. The number of aliphatic hydroxyl groups excluding tert-OH is 1. The Bertz CT molecular complexity index is 735. The van der Waals surface area contributed by atoms with Crippen molar-refractivity contribution in [3.63, 3.8) is 0 Å². The molecule has 7 heteroatoms. The lowest BCUT2D eigenvalue weighted by Crippen LogP contribution is -2.45. The molecule has 1 aliphatic heterocycles. The molecule has 2 aromatic rings. The molecular formula is C19H25N5O2. The number of anilines is 1. The molecule has 0 aliphatic carbocycles. The number of nitrogen functional groups attached to an aromatic ring is 1. The number of likely N-dealkylation sites (tertiary alicyclic amines) is 1. The van der Waals surface area contributed by atoms with Crippen LogP contribution in [0.5, 0.6) is 0 Å². The van der Waals surface area contributed by atoms with Gasteiger partial charge in [-0.3, -0.25) is 9.69 Å². The van der Waals surface area contributed by atoms with Crippen molar-refractivity contribution in [2.75, 3.05) is 32.0 Å². The number of nitrogens with two attached hydrogens (primary N) is 1. The highest BCUT2D eigenvalue weighted by Gasteiger charge is 2.21. The SMILES string of the molecule is Nc1cc(-c2ccc(C(=O)NCCN3CCCC[C@@H]3CO)cc2)ncn1. The highest BCUT2D eigenvalue weighted by molar-refractivity contribution is 5.94. The van der Waals surface area contributed by atoms with Crippen LogP contribution in [0.3, 0.4) is 0 Å². The Morgan fingerprint density at radius 2 is 2.08 bits per heavy atom. The number of carbonyl (C=O) groups is 1. The van der Waals surface area contributed by atoms with Crippen molar-refractivity contribution in [3.8, 4) is 11.3 Å². The number of hydrogen-bond acceptors (Lipinski definition) is 6. The molecule has 3 rings (SSSR count). The Balaban J connectivity index is 1.53. The lowest BCUT2D eigenvalue weighted by atomic mass is 10.0. The van der Waals surface area contributed by atoms with Gasteiger partial charge in [0.25, 0.3) is 5.91 Å². The van der Waals surface area contributed by atoms with Crippen LogP contribution in [0.25, 0.3) is 11.3 Å². The molecule has 7 nitrogen and oxygen atoms in total. The molecule has 2 heterocycles. The third-order valence-electron chi connectivity index (χ3n) is 4.78. The topological polar surface area (TPSA) is 104 Å². The van der Waals surface area contributed by atoms with Gasteiger partial charge in [0.15, 0.2) is 0 Å². The fourth-order valence-electron chi connectivity index (χ4n) is 3.30. The zero-order valence-electron chi connectivity index (χ0n) is 14.8. The van der Waals surface area contributed by atoms with E-state index in [-0.39, 0.29) is 18.6 Å². The number of hydrogen-bond donors (Lipinski definition) is 3. The molecule has 0 unspecified atom stereocenters. The van der Waals surface area contributed by atoms with E-state index in [0.717, 1.165) is 37.2 Å². The number of rotatable bonds is 6. The number of nitrogens with one attached hydrogen (secondary N) is 1. The first-order chi connectivity index (χ1) is 12.7. The molecule has 1 atom stereocenters. The molecule has 1 amide bonds. The highest BCUT2D eigenvalue weighted by atomic mass is 16.3. The summed E-state index contributed by atoms with van der Waals surface area (Å²) in [6.07, 6.45) is 4.77. The quantitative estimate of drug-likeness (QED) is 0.721. The van der Waals surface area contributed by atoms with Crippen LogP contribution < -0.4 is 11.1 Å². The Morgan fingerprint density at radius 3 is 2.81 bits per heavy atom. The van der Waals surface area contributed by atoms with Crippen LogP contribution in [0, 0.1) is 0 Å². The summed E-state index contributed by atoms with van der Waals surface area (Å²) < 4.78 is 0. The number of nitrogens with zero attached hydrogens (tertiary/aromatic N) is 3. The lowest BCUT2D eigenvalue weighted by molar-refractivity contribution is 0.0849. The van der Waals surface area contributed by atoms with E-state index in [1.807, 2.05) is 12.1 Å². The fourth-order valence-corrected chi connectivity index (χ4v) is 3.30. The fraction of sp³-hybridized carbons (Fsp3) is 0.421. The number of benzene rings is 1. The maximum absolute atomic E-state index is 12.3. The van der Waals surface area contributed by atoms with Crippen LogP contribution in [-0.4, -0.2) is 58.2 Å². The van der Waals surface area contributed by atoms with Crippen molar-refractivity contribution in [1.82, 2.24) is 20.2 Å². The molecule has 1 aromatic carbocycles. The molecule has 0 saturated carbocycles. The minimum absolute atomic E-state index is 0.101. The summed E-state index contributed by atoms with van der Waals surface area (Å²) in [5, 5.41) is 12.4. The second-order valence-electron chi connectivity index (χ2n) is 6.53. The van der Waals surface area contributed by atoms with Crippen molar-refractivity contribution in [1.29, 1.82) is 0 Å². The second kappa shape index (κ2) is 8.73. The Morgan fingerprint density at radius 1 is 1.27 bits per heavy atom. The smallest absolute Gasteiger partial charge is 0.251 e. The molecule has 1 aliphatic rings. The maximum atomic E-state index is 12.3. The first-order valence-corrected chi connectivity index (χ1v) is 8.98. The van der Waals surface area contributed by atoms with E-state index < -0.39 is 0 Å². The first kappa shape index (κ1) is 18.3. The van der Waals surface area contributed by atoms with E-state index in [1.165, 1.54) is 12.7 Å². The van der Waals surface area contributed by atoms with Crippen LogP contribution >= 0.6 is 0 Å². The molecule has 26 heavy (non-hydrogen) atoms. The van der Waals surface area contributed by atoms with Gasteiger partial charge in [-0.1, -0.05) is 18.6 Å². The van der Waals surface area contributed by atoms with Crippen LogP contribution in [-0.2, 0) is 0 Å². The van der Waals surface area contributed by atoms with Crippen LogP contribution in [0.15, 0.2) is 36.7 Å². The summed E-state index contributed by atoms with van der Waals surface area (Å²) in [6.45, 7) is 2.50. The van der Waals surface area contributed by atoms with Gasteiger partial charge in [-0.15, -0.1) is 0 Å². The van der Waals surface area contributed by atoms with E-state index >= 15 is 0 Å². The number of carbonyl (C=O) groups excluding carboxylic acids is 1. The summed E-state index contributed by atoms with van der Waals surface area (Å²) in [4.78, 5) is 22.6. The van der Waals surface area contributed by atoms with E-state index in [4.69, 9.17) is 5.73 Å². The molecule has 0 radical (unpaired) electrons. The van der Waals surface area contributed by atoms with Crippen molar-refractivity contribution in [2.24, 2.45) is 0 Å². The van der Waals surface area contributed by atoms with Gasteiger partial charge in [0.1, 0.15) is 12.1 Å². The average molecular weight is 355 g/mol. The van der Waals surface area contributed by atoms with Gasteiger partial charge in [0.2, 0.25) is 0 Å². The Labute approximate surface area is 153 Å². The van der Waals surface area contributed by atoms with Gasteiger partial charge < -0.3 is 16.2 Å². The largest absolute Gasteiger partial charge is 0.395 e. The van der Waals surface area contributed by atoms with E-state index in [1.54, 1.807) is 18.2 Å². The predicted octanol–water partition coefficient (Wildman–Crippen LogP) is 1.30. The highest BCUT2D eigenvalue weighted by Crippen LogP contribution is 2.18. The van der Waals surface area contributed by atoms with Crippen molar-refractivity contribution < 1.29 is 9.90 Å². The van der Waals surface area contributed by atoms with Gasteiger partial charge in [0, 0.05) is 36.3 Å². The zero-order valence-corrected chi connectivity index (χ0v) is 14.8. The summed E-state index contributed by atoms with van der Waals surface area (Å²) in [5.74, 6) is 0.312. The minimum Gasteiger partial charge on any atom is -0.395 e. The second-order valence-corrected chi connectivity index (χ2v) is 6.53. The molecular weight excluding hydrogens is 330 g/mol. The summed E-state index contributed by atoms with van der Waals surface area (Å²) in [7, 11) is 0. The van der Waals surface area contributed by atoms with Gasteiger partial charge in [0.05, 0.1) is 12.3 Å². The number of piperidine rings is 1. The Kier molecular flexibility index (Phi) is 6.14. The normalized spacial score (nSPS) is 17.8. The molecule has 0 spiro atoms. The number of aromatic nitrogens is 2. The van der Waals surface area contributed by atoms with Crippen molar-refractivity contribution >= 4 is 11.7 Å². The van der Waals surface area contributed by atoms with Crippen LogP contribution in [0.2, 0.25) is 0 Å². The minimum atomic E-state index is -0.101. The van der Waals surface area contributed by atoms with Crippen molar-refractivity contribution in [2.45, 2.75) is 25.3 Å². The van der Waals surface area contributed by atoms with E-state index in [2.05, 4.69) is 20.2 Å². The lowest BCUT2D eigenvalue weighted by Gasteiger charge is -2.34. The average Bonchev–Trinajstić information content (AvgIpc) is 2.68. The third-order valence-corrected chi connectivity index (χ3v) is 4.78. The third kappa shape index (κ3) is 4.56. The molecule has 1 saturated heterocycles. The first-order valence-electron chi connectivity index (χ1n) is 8.98. The maximum Gasteiger partial charge on any atom is 0.251 e. The van der Waals surface area contributed by atoms with E-state index in [0.29, 0.717) is 17.9 Å².